The van der Waals surface area contributed by atoms with Gasteiger partial charge in [0.25, 0.3) is 5.91 Å². The standard InChI is InChI=1S/C30H30BrN3O/c1-3-22-6-8-23(9-7-22)20-33-14-16-34(17-15-33)30(35)27-19-29(24-10-4-21(2)5-11-24)32-28-13-12-25(31)18-26(27)28/h4-13,18-19H,3,14-17,20H2,1-2H3. The smallest absolute Gasteiger partial charge is 0.254 e. The van der Waals surface area contributed by atoms with E-state index in [1.54, 1.807) is 0 Å². The number of pyridine rings is 1. The maximum atomic E-state index is 13.8. The summed E-state index contributed by atoms with van der Waals surface area (Å²) in [5, 5.41) is 0.888. The molecule has 35 heavy (non-hydrogen) atoms. The van der Waals surface area contributed by atoms with Crippen LogP contribution in [-0.4, -0.2) is 46.9 Å². The van der Waals surface area contributed by atoms with Crippen molar-refractivity contribution in [1.82, 2.24) is 14.8 Å². The molecule has 178 valence electrons. The number of hydrogen-bond donors (Lipinski definition) is 0. The highest BCUT2D eigenvalue weighted by Gasteiger charge is 2.24. The summed E-state index contributed by atoms with van der Waals surface area (Å²) in [7, 11) is 0. The Bertz CT molecular complexity index is 1340. The summed E-state index contributed by atoms with van der Waals surface area (Å²) in [6.45, 7) is 8.38. The van der Waals surface area contributed by atoms with Crippen molar-refractivity contribution in [2.75, 3.05) is 26.2 Å². The van der Waals surface area contributed by atoms with Crippen LogP contribution in [0.4, 0.5) is 0 Å². The van der Waals surface area contributed by atoms with Gasteiger partial charge in [0.1, 0.15) is 0 Å². The van der Waals surface area contributed by atoms with Crippen molar-refractivity contribution >= 4 is 32.7 Å². The van der Waals surface area contributed by atoms with Crippen molar-refractivity contribution in [2.45, 2.75) is 26.8 Å². The topological polar surface area (TPSA) is 36.4 Å². The quantitative estimate of drug-likeness (QED) is 0.297. The Hall–Kier alpha value is -3.02. The highest BCUT2D eigenvalue weighted by Crippen LogP contribution is 2.28. The van der Waals surface area contributed by atoms with Crippen LogP contribution >= 0.6 is 15.9 Å². The van der Waals surface area contributed by atoms with Crippen LogP contribution in [0.5, 0.6) is 0 Å². The molecule has 0 spiro atoms. The fourth-order valence-corrected chi connectivity index (χ4v) is 5.03. The molecule has 1 fully saturated rings. The minimum atomic E-state index is 0.0795. The molecule has 1 aliphatic heterocycles. The van der Waals surface area contributed by atoms with E-state index in [1.807, 2.05) is 29.2 Å². The van der Waals surface area contributed by atoms with E-state index in [0.29, 0.717) is 0 Å². The SMILES string of the molecule is CCc1ccc(CN2CCN(C(=O)c3cc(-c4ccc(C)cc4)nc4ccc(Br)cc34)CC2)cc1. The Kier molecular flexibility index (Phi) is 6.98. The van der Waals surface area contributed by atoms with Gasteiger partial charge in [0.2, 0.25) is 0 Å². The lowest BCUT2D eigenvalue weighted by molar-refractivity contribution is 0.0630. The summed E-state index contributed by atoms with van der Waals surface area (Å²) in [6.07, 6.45) is 1.06. The lowest BCUT2D eigenvalue weighted by Crippen LogP contribution is -2.48. The predicted molar refractivity (Wildman–Crippen MR) is 147 cm³/mol. The molecular weight excluding hydrogens is 498 g/mol. The third-order valence-electron chi connectivity index (χ3n) is 6.85. The fraction of sp³-hybridized carbons (Fsp3) is 0.267. The average molecular weight is 528 g/mol. The van der Waals surface area contributed by atoms with E-state index in [1.165, 1.54) is 16.7 Å². The van der Waals surface area contributed by atoms with Crippen molar-refractivity contribution in [1.29, 1.82) is 0 Å². The molecule has 1 aliphatic rings. The first-order valence-corrected chi connectivity index (χ1v) is 13.1. The molecule has 2 heterocycles. The molecule has 0 saturated carbocycles. The van der Waals surface area contributed by atoms with Gasteiger partial charge in [-0.15, -0.1) is 0 Å². The number of carbonyl (C=O) groups excluding carboxylic acids is 1. The predicted octanol–water partition coefficient (Wildman–Crippen LogP) is 6.49. The zero-order valence-electron chi connectivity index (χ0n) is 20.3. The van der Waals surface area contributed by atoms with E-state index in [4.69, 9.17) is 4.98 Å². The molecule has 1 amide bonds. The zero-order chi connectivity index (χ0) is 24.4. The molecule has 0 N–H and O–H groups in total. The molecule has 5 rings (SSSR count). The van der Waals surface area contributed by atoms with Gasteiger partial charge in [0, 0.05) is 48.1 Å². The fourth-order valence-electron chi connectivity index (χ4n) is 4.67. The lowest BCUT2D eigenvalue weighted by Gasteiger charge is -2.35. The third kappa shape index (κ3) is 5.31. The average Bonchev–Trinajstić information content (AvgIpc) is 2.89. The number of nitrogens with zero attached hydrogens (tertiary/aromatic N) is 3. The van der Waals surface area contributed by atoms with E-state index < -0.39 is 0 Å². The summed E-state index contributed by atoms with van der Waals surface area (Å²) in [5.41, 5.74) is 7.30. The van der Waals surface area contributed by atoms with E-state index in [9.17, 15) is 4.79 Å². The second-order valence-corrected chi connectivity index (χ2v) is 10.2. The molecule has 3 aromatic carbocycles. The Morgan fingerprint density at radius 2 is 1.57 bits per heavy atom. The highest BCUT2D eigenvalue weighted by atomic mass is 79.9. The third-order valence-corrected chi connectivity index (χ3v) is 7.34. The number of aromatic nitrogens is 1. The molecule has 0 bridgehead atoms. The minimum Gasteiger partial charge on any atom is -0.336 e. The van der Waals surface area contributed by atoms with Gasteiger partial charge in [0.05, 0.1) is 16.8 Å². The van der Waals surface area contributed by atoms with Gasteiger partial charge in [-0.05, 0) is 48.7 Å². The number of hydrogen-bond acceptors (Lipinski definition) is 3. The van der Waals surface area contributed by atoms with Crippen LogP contribution in [0, 0.1) is 6.92 Å². The van der Waals surface area contributed by atoms with Gasteiger partial charge in [-0.3, -0.25) is 9.69 Å². The minimum absolute atomic E-state index is 0.0795. The second kappa shape index (κ2) is 10.3. The molecule has 4 aromatic rings. The summed E-state index contributed by atoms with van der Waals surface area (Å²) in [6, 6.07) is 25.1. The van der Waals surface area contributed by atoms with Crippen molar-refractivity contribution < 1.29 is 4.79 Å². The second-order valence-electron chi connectivity index (χ2n) is 9.32. The summed E-state index contributed by atoms with van der Waals surface area (Å²) in [4.78, 5) is 23.1. The van der Waals surface area contributed by atoms with E-state index in [0.717, 1.165) is 71.3 Å². The molecule has 0 radical (unpaired) electrons. The van der Waals surface area contributed by atoms with Crippen LogP contribution in [0.2, 0.25) is 0 Å². The van der Waals surface area contributed by atoms with E-state index >= 15 is 0 Å². The monoisotopic (exact) mass is 527 g/mol. The van der Waals surface area contributed by atoms with Crippen LogP contribution in [0.15, 0.2) is 77.3 Å². The van der Waals surface area contributed by atoms with Crippen molar-refractivity contribution in [3.05, 3.63) is 99.5 Å². The van der Waals surface area contributed by atoms with Gasteiger partial charge < -0.3 is 4.90 Å². The van der Waals surface area contributed by atoms with Crippen LogP contribution in [0.1, 0.15) is 34.0 Å². The maximum absolute atomic E-state index is 13.8. The molecule has 0 unspecified atom stereocenters. The number of aryl methyl sites for hydroxylation is 2. The Balaban J connectivity index is 1.37. The van der Waals surface area contributed by atoms with Crippen LogP contribution in [-0.2, 0) is 13.0 Å². The lowest BCUT2D eigenvalue weighted by atomic mass is 10.0. The Morgan fingerprint density at radius 3 is 2.26 bits per heavy atom. The molecule has 4 nitrogen and oxygen atoms in total. The van der Waals surface area contributed by atoms with Crippen LogP contribution in [0.25, 0.3) is 22.2 Å². The Morgan fingerprint density at radius 1 is 0.886 bits per heavy atom. The number of fused-ring (bicyclic) bond motifs is 1. The first kappa shape index (κ1) is 23.7. The number of amides is 1. The molecule has 1 saturated heterocycles. The molecule has 5 heteroatoms. The Labute approximate surface area is 215 Å². The molecule has 0 aliphatic carbocycles. The van der Waals surface area contributed by atoms with Gasteiger partial charge in [-0.2, -0.15) is 0 Å². The molecular formula is C30H30BrN3O. The van der Waals surface area contributed by atoms with Gasteiger partial charge in [-0.1, -0.05) is 76.9 Å². The molecule has 0 atom stereocenters. The summed E-state index contributed by atoms with van der Waals surface area (Å²) in [5.74, 6) is 0.0795. The van der Waals surface area contributed by atoms with Gasteiger partial charge in [0.15, 0.2) is 0 Å². The first-order valence-electron chi connectivity index (χ1n) is 12.3. The number of halogens is 1. The molecule has 1 aromatic heterocycles. The highest BCUT2D eigenvalue weighted by molar-refractivity contribution is 9.10. The van der Waals surface area contributed by atoms with Gasteiger partial charge >= 0.3 is 0 Å². The van der Waals surface area contributed by atoms with Gasteiger partial charge in [-0.25, -0.2) is 4.98 Å². The van der Waals surface area contributed by atoms with E-state index in [2.05, 4.69) is 83.2 Å². The largest absolute Gasteiger partial charge is 0.336 e. The van der Waals surface area contributed by atoms with Crippen molar-refractivity contribution in [3.8, 4) is 11.3 Å². The number of benzene rings is 3. The van der Waals surface area contributed by atoms with Crippen LogP contribution in [0.3, 0.4) is 0 Å². The normalized spacial score (nSPS) is 14.4. The summed E-state index contributed by atoms with van der Waals surface area (Å²) >= 11 is 3.57. The maximum Gasteiger partial charge on any atom is 0.254 e. The number of piperazine rings is 1. The zero-order valence-corrected chi connectivity index (χ0v) is 21.9. The summed E-state index contributed by atoms with van der Waals surface area (Å²) < 4.78 is 0.947. The van der Waals surface area contributed by atoms with Crippen LogP contribution < -0.4 is 0 Å². The van der Waals surface area contributed by atoms with Crippen molar-refractivity contribution in [3.63, 3.8) is 0 Å². The van der Waals surface area contributed by atoms with Crippen molar-refractivity contribution in [2.24, 2.45) is 0 Å². The van der Waals surface area contributed by atoms with E-state index in [-0.39, 0.29) is 5.91 Å². The number of rotatable bonds is 5. The first-order chi connectivity index (χ1) is 17.0. The number of carbonyl (C=O) groups is 1.